The molecule has 4 rings (SSSR count). The Morgan fingerprint density at radius 2 is 1.47 bits per heavy atom. The molecular weight excluding hydrogens is 747 g/mol. The predicted molar refractivity (Wildman–Crippen MR) is 219 cm³/mol. The van der Waals surface area contributed by atoms with Gasteiger partial charge in [0.2, 0.25) is 17.7 Å². The molecule has 3 heterocycles. The van der Waals surface area contributed by atoms with Crippen LogP contribution in [-0.4, -0.2) is 136 Å². The van der Waals surface area contributed by atoms with Crippen LogP contribution in [0.3, 0.4) is 0 Å². The number of benzene rings is 1. The number of nitrogens with zero attached hydrogens (tertiary/aromatic N) is 3. The number of unbranched alkanes of at least 4 members (excludes halogenated alkanes) is 1. The molecule has 0 radical (unpaired) electrons. The maximum absolute atomic E-state index is 13.4. The smallest absolute Gasteiger partial charge is 0.253 e. The summed E-state index contributed by atoms with van der Waals surface area (Å²) in [7, 11) is 0. The van der Waals surface area contributed by atoms with Gasteiger partial charge in [-0.3, -0.25) is 24.0 Å². The van der Waals surface area contributed by atoms with Crippen molar-refractivity contribution in [2.24, 2.45) is 5.73 Å². The summed E-state index contributed by atoms with van der Waals surface area (Å²) in [6.07, 6.45) is 6.99. The highest BCUT2D eigenvalue weighted by Gasteiger charge is 2.27. The lowest BCUT2D eigenvalue weighted by Gasteiger charge is -2.33. The Hall–Kier alpha value is -4.90. The van der Waals surface area contributed by atoms with Crippen LogP contribution in [0.4, 0.5) is 11.5 Å². The van der Waals surface area contributed by atoms with Gasteiger partial charge in [-0.15, -0.1) is 0 Å². The summed E-state index contributed by atoms with van der Waals surface area (Å²) in [5.41, 5.74) is 7.86. The molecule has 0 spiro atoms. The van der Waals surface area contributed by atoms with Gasteiger partial charge in [0, 0.05) is 74.5 Å². The normalized spacial score (nSPS) is 15.8. The number of amides is 5. The molecule has 5 N–H and O–H groups in total. The number of carbonyl (C=O) groups excluding carboxylic acids is 5. The topological polar surface area (TPSA) is 204 Å². The largest absolute Gasteiger partial charge is 0.379 e. The third-order valence-electron chi connectivity index (χ3n) is 9.97. The third-order valence-corrected chi connectivity index (χ3v) is 9.97. The Bertz CT molecular complexity index is 1630. The number of carbonyl (C=O) groups is 5. The standard InChI is InChI=1S/C42H61N7O9/c1-3-5-8-37(50)44-18-23-56-25-27-58-29-28-57-26-24-55-22-17-38(51)45-34-7-6-19-49(30-34)42(54)32-9-11-33(12-10-32)46-41-35(40(43)53)13-14-36(47-41)31-15-20-48(21-16-31)39(52)4-2/h4,9-14,31,34H,2-3,5-8,15-30H2,1H3,(H2,43,53)(H,44,50)(H,45,51)(H,46,47). The molecule has 1 unspecified atom stereocenters. The number of nitrogens with one attached hydrogen (secondary N) is 3. The first-order chi connectivity index (χ1) is 28.2. The fourth-order valence-corrected chi connectivity index (χ4v) is 6.73. The van der Waals surface area contributed by atoms with Crippen LogP contribution in [-0.2, 0) is 33.3 Å². The first-order valence-corrected chi connectivity index (χ1v) is 20.4. The number of hydrogen-bond acceptors (Lipinski definition) is 11. The summed E-state index contributed by atoms with van der Waals surface area (Å²) in [6, 6.07) is 10.3. The summed E-state index contributed by atoms with van der Waals surface area (Å²) in [5, 5.41) is 9.06. The first kappa shape index (κ1) is 45.8. The van der Waals surface area contributed by atoms with Crippen LogP contribution in [0.1, 0.15) is 90.6 Å². The van der Waals surface area contributed by atoms with Crippen molar-refractivity contribution in [3.05, 3.63) is 65.9 Å². The molecule has 0 saturated carbocycles. The van der Waals surface area contributed by atoms with Crippen molar-refractivity contribution >= 4 is 41.0 Å². The van der Waals surface area contributed by atoms with Gasteiger partial charge in [-0.25, -0.2) is 4.98 Å². The number of likely N-dealkylation sites (tertiary alicyclic amines) is 2. The molecule has 0 aliphatic carbocycles. The Morgan fingerprint density at radius 3 is 2.10 bits per heavy atom. The summed E-state index contributed by atoms with van der Waals surface area (Å²) in [5.74, 6) is -0.451. The number of nitrogens with two attached hydrogens (primary N) is 1. The van der Waals surface area contributed by atoms with Crippen molar-refractivity contribution in [2.75, 3.05) is 90.9 Å². The molecule has 318 valence electrons. The number of ether oxygens (including phenoxy) is 4. The Labute approximate surface area is 341 Å². The number of aromatic nitrogens is 1. The fraction of sp³-hybridized carbons (Fsp3) is 0.571. The minimum atomic E-state index is -0.612. The number of anilines is 2. The van der Waals surface area contributed by atoms with Crippen LogP contribution in [0.2, 0.25) is 0 Å². The highest BCUT2D eigenvalue weighted by Crippen LogP contribution is 2.30. The summed E-state index contributed by atoms with van der Waals surface area (Å²) < 4.78 is 22.0. The maximum Gasteiger partial charge on any atom is 0.253 e. The predicted octanol–water partition coefficient (Wildman–Crippen LogP) is 3.30. The van der Waals surface area contributed by atoms with Gasteiger partial charge in [0.05, 0.1) is 58.4 Å². The van der Waals surface area contributed by atoms with Crippen molar-refractivity contribution in [3.8, 4) is 0 Å². The van der Waals surface area contributed by atoms with E-state index in [4.69, 9.17) is 29.7 Å². The molecule has 2 aliphatic heterocycles. The van der Waals surface area contributed by atoms with E-state index in [1.54, 1.807) is 40.1 Å². The van der Waals surface area contributed by atoms with Gasteiger partial charge in [0.15, 0.2) is 0 Å². The number of piperidine rings is 2. The monoisotopic (exact) mass is 807 g/mol. The number of rotatable bonds is 25. The van der Waals surface area contributed by atoms with Crippen LogP contribution in [0, 0.1) is 0 Å². The third kappa shape index (κ3) is 15.8. The van der Waals surface area contributed by atoms with Crippen molar-refractivity contribution in [1.82, 2.24) is 25.4 Å². The van der Waals surface area contributed by atoms with Gasteiger partial charge in [-0.2, -0.15) is 0 Å². The second-order valence-electron chi connectivity index (χ2n) is 14.3. The van der Waals surface area contributed by atoms with Gasteiger partial charge in [-0.1, -0.05) is 19.9 Å². The SMILES string of the molecule is C=CC(=O)N1CCC(c2ccc(C(N)=O)c(Nc3ccc(C(=O)N4CCCC(NC(=O)CCOCCOCCOCCOCCNC(=O)CCCC)C4)cc3)n2)CC1. The van der Waals surface area contributed by atoms with E-state index in [-0.39, 0.29) is 54.2 Å². The Morgan fingerprint density at radius 1 is 0.810 bits per heavy atom. The first-order valence-electron chi connectivity index (χ1n) is 20.4. The molecule has 2 aromatic rings. The molecular formula is C42H61N7O9. The number of hydrogen-bond donors (Lipinski definition) is 4. The van der Waals surface area contributed by atoms with E-state index in [9.17, 15) is 24.0 Å². The van der Waals surface area contributed by atoms with Crippen LogP contribution < -0.4 is 21.7 Å². The van der Waals surface area contributed by atoms with E-state index in [2.05, 4.69) is 29.5 Å². The molecule has 2 fully saturated rings. The van der Waals surface area contributed by atoms with Gasteiger partial charge in [0.25, 0.3) is 11.8 Å². The van der Waals surface area contributed by atoms with E-state index in [0.29, 0.717) is 102 Å². The zero-order valence-corrected chi connectivity index (χ0v) is 33.8. The average molecular weight is 808 g/mol. The molecule has 1 aromatic carbocycles. The lowest BCUT2D eigenvalue weighted by Crippen LogP contribution is -2.49. The number of primary amides is 1. The van der Waals surface area contributed by atoms with Gasteiger partial charge >= 0.3 is 0 Å². The minimum absolute atomic E-state index is 0.0543. The average Bonchev–Trinajstić information content (AvgIpc) is 3.24. The Balaban J connectivity index is 1.09. The van der Waals surface area contributed by atoms with Crippen LogP contribution in [0.15, 0.2) is 49.1 Å². The number of pyridine rings is 1. The van der Waals surface area contributed by atoms with E-state index in [1.807, 2.05) is 6.07 Å². The Kier molecular flexibility index (Phi) is 20.1. The molecule has 2 aliphatic rings. The van der Waals surface area contributed by atoms with Crippen molar-refractivity contribution in [2.45, 2.75) is 70.3 Å². The zero-order chi connectivity index (χ0) is 41.5. The molecule has 16 heteroatoms. The quantitative estimate of drug-likeness (QED) is 0.0847. The fourth-order valence-electron chi connectivity index (χ4n) is 6.73. The van der Waals surface area contributed by atoms with Crippen LogP contribution >= 0.6 is 0 Å². The lowest BCUT2D eigenvalue weighted by molar-refractivity contribution is -0.127. The van der Waals surface area contributed by atoms with Crippen molar-refractivity contribution in [1.29, 1.82) is 0 Å². The highest BCUT2D eigenvalue weighted by atomic mass is 16.6. The van der Waals surface area contributed by atoms with Gasteiger partial charge in [-0.05, 0) is 74.6 Å². The van der Waals surface area contributed by atoms with Crippen molar-refractivity contribution in [3.63, 3.8) is 0 Å². The zero-order valence-electron chi connectivity index (χ0n) is 33.8. The molecule has 58 heavy (non-hydrogen) atoms. The van der Waals surface area contributed by atoms with E-state index in [1.165, 1.54) is 6.08 Å². The summed E-state index contributed by atoms with van der Waals surface area (Å²) in [6.45, 7) is 11.5. The molecule has 1 aromatic heterocycles. The van der Waals surface area contributed by atoms with E-state index in [0.717, 1.165) is 44.2 Å². The molecule has 0 bridgehead atoms. The van der Waals surface area contributed by atoms with Crippen molar-refractivity contribution < 1.29 is 42.9 Å². The summed E-state index contributed by atoms with van der Waals surface area (Å²) in [4.78, 5) is 70.1. The second-order valence-corrected chi connectivity index (χ2v) is 14.3. The maximum atomic E-state index is 13.4. The summed E-state index contributed by atoms with van der Waals surface area (Å²) >= 11 is 0. The molecule has 5 amide bonds. The van der Waals surface area contributed by atoms with Gasteiger partial charge in [0.1, 0.15) is 5.82 Å². The molecule has 2 saturated heterocycles. The minimum Gasteiger partial charge on any atom is -0.379 e. The second kappa shape index (κ2) is 25.5. The van der Waals surface area contributed by atoms with E-state index < -0.39 is 5.91 Å². The highest BCUT2D eigenvalue weighted by molar-refractivity contribution is 5.98. The molecule has 1 atom stereocenters. The van der Waals surface area contributed by atoms with Crippen LogP contribution in [0.25, 0.3) is 0 Å². The van der Waals surface area contributed by atoms with E-state index >= 15 is 0 Å². The lowest BCUT2D eigenvalue weighted by atomic mass is 9.92. The molecule has 16 nitrogen and oxygen atoms in total. The van der Waals surface area contributed by atoms with Crippen LogP contribution in [0.5, 0.6) is 0 Å². The van der Waals surface area contributed by atoms with Gasteiger partial charge < -0.3 is 50.4 Å².